The van der Waals surface area contributed by atoms with Crippen LogP contribution in [-0.4, -0.2) is 44.2 Å². The Morgan fingerprint density at radius 3 is 2.05 bits per heavy atom. The van der Waals surface area contributed by atoms with Crippen molar-refractivity contribution in [1.82, 2.24) is 0 Å². The van der Waals surface area contributed by atoms with Crippen molar-refractivity contribution in [2.45, 2.75) is 151 Å². The fraction of sp³-hybridized carbons (Fsp3) is 0.857. The summed E-state index contributed by atoms with van der Waals surface area (Å²) in [5, 5.41) is 0. The number of hydrogen-bond donors (Lipinski definition) is 0. The van der Waals surface area contributed by atoms with Crippen LogP contribution in [0.1, 0.15) is 145 Å². The third-order valence-electron chi connectivity index (χ3n) is 7.99. The van der Waals surface area contributed by atoms with Crippen molar-refractivity contribution in [3.63, 3.8) is 0 Å². The van der Waals surface area contributed by atoms with Crippen LogP contribution in [0, 0.1) is 22.7 Å². The lowest BCUT2D eigenvalue weighted by Crippen LogP contribution is -2.38. The van der Waals surface area contributed by atoms with Gasteiger partial charge in [-0.15, -0.1) is 0 Å². The first-order valence-corrected chi connectivity index (χ1v) is 16.4. The number of hydrogen-bond acceptors (Lipinski definition) is 6. The molecule has 2 aliphatic rings. The lowest BCUT2D eigenvalue weighted by molar-refractivity contribution is -0.138. The molecule has 0 aromatic carbocycles. The highest BCUT2D eigenvalue weighted by molar-refractivity contribution is 5.86. The molecule has 0 bridgehead atoms. The second-order valence-electron chi connectivity index (χ2n) is 13.6. The first kappa shape index (κ1) is 39.2. The Morgan fingerprint density at radius 1 is 1.02 bits per heavy atom. The van der Waals surface area contributed by atoms with Crippen molar-refractivity contribution in [2.24, 2.45) is 27.7 Å². The molecule has 0 radical (unpaired) electrons. The summed E-state index contributed by atoms with van der Waals surface area (Å²) in [7, 11) is 0. The number of nitrogens with zero attached hydrogens (tertiary/aromatic N) is 1. The van der Waals surface area contributed by atoms with Crippen LogP contribution in [0.25, 0.3) is 0 Å². The van der Waals surface area contributed by atoms with Gasteiger partial charge in [0, 0.05) is 11.5 Å². The number of rotatable bonds is 18. The van der Waals surface area contributed by atoms with E-state index in [1.54, 1.807) is 13.0 Å². The Morgan fingerprint density at radius 2 is 1.59 bits per heavy atom. The van der Waals surface area contributed by atoms with Crippen LogP contribution < -0.4 is 0 Å². The molecule has 6 heteroatoms. The van der Waals surface area contributed by atoms with Gasteiger partial charge in [0.2, 0.25) is 6.08 Å². The van der Waals surface area contributed by atoms with Crippen molar-refractivity contribution >= 4 is 18.3 Å². The Balaban J connectivity index is 0.000000614. The van der Waals surface area contributed by atoms with Crippen LogP contribution in [0.4, 0.5) is 0 Å². The predicted molar refractivity (Wildman–Crippen MR) is 170 cm³/mol. The smallest absolute Gasteiger partial charge is 0.333 e. The number of ether oxygens (including phenoxy) is 2. The zero-order valence-corrected chi connectivity index (χ0v) is 27.7. The van der Waals surface area contributed by atoms with E-state index in [1.807, 2.05) is 6.92 Å². The Labute approximate surface area is 252 Å². The van der Waals surface area contributed by atoms with Gasteiger partial charge in [0.1, 0.15) is 6.29 Å². The van der Waals surface area contributed by atoms with Crippen LogP contribution >= 0.6 is 0 Å². The highest BCUT2D eigenvalue weighted by atomic mass is 16.6. The molecule has 2 rings (SSSR count). The Kier molecular flexibility index (Phi) is 21.8. The van der Waals surface area contributed by atoms with Gasteiger partial charge in [-0.2, -0.15) is 0 Å². The molecule has 1 aliphatic carbocycles. The first-order valence-electron chi connectivity index (χ1n) is 16.4. The van der Waals surface area contributed by atoms with Crippen molar-refractivity contribution in [3.05, 3.63) is 12.2 Å². The molecule has 0 spiro atoms. The lowest BCUT2D eigenvalue weighted by Gasteiger charge is -2.44. The van der Waals surface area contributed by atoms with Gasteiger partial charge in [-0.1, -0.05) is 112 Å². The molecule has 238 valence electrons. The Bertz CT molecular complexity index is 769. The van der Waals surface area contributed by atoms with E-state index < -0.39 is 0 Å². The van der Waals surface area contributed by atoms with E-state index >= 15 is 0 Å². The van der Waals surface area contributed by atoms with Crippen LogP contribution in [0.3, 0.4) is 0 Å². The maximum Gasteiger partial charge on any atom is 0.333 e. The second kappa shape index (κ2) is 22.8. The predicted octanol–water partition coefficient (Wildman–Crippen LogP) is 9.20. The lowest BCUT2D eigenvalue weighted by atomic mass is 9.61. The van der Waals surface area contributed by atoms with Crippen LogP contribution in [0.15, 0.2) is 17.1 Å². The normalized spacial score (nSPS) is 22.9. The number of epoxide rings is 1. The van der Waals surface area contributed by atoms with Gasteiger partial charge < -0.3 is 14.3 Å². The monoisotopic (exact) mass is 577 g/mol. The summed E-state index contributed by atoms with van der Waals surface area (Å²) in [4.78, 5) is 35.3. The van der Waals surface area contributed by atoms with E-state index in [1.165, 1.54) is 70.6 Å². The molecule has 41 heavy (non-hydrogen) atoms. The third kappa shape index (κ3) is 21.6. The highest BCUT2D eigenvalue weighted by Gasteiger charge is 2.41. The minimum atomic E-state index is -0.295. The largest absolute Gasteiger partial charge is 0.462 e. The minimum absolute atomic E-state index is 0.0231. The van der Waals surface area contributed by atoms with Gasteiger partial charge in [0.25, 0.3) is 0 Å². The van der Waals surface area contributed by atoms with Crippen molar-refractivity contribution < 1.29 is 23.9 Å². The standard InChI is InChI=1S/C16H32O.C12H19NO2.C7H12O2/c1-3-4-5-6-7-8-9-10-11-12-13-15(2)16-14-17-16;1-11(2)4-10(6-14)5-12(3,7-11)8-13-9-15;1-4-5-9-7(8)6(2)3/h15-16H,3-14H2,1-2H3;6,10H,4-5,7-8H2,1-3H3;2,4-5H2,1,3H3. The van der Waals surface area contributed by atoms with E-state index in [-0.39, 0.29) is 22.7 Å². The molecule has 1 saturated heterocycles. The average Bonchev–Trinajstić information content (AvgIpc) is 3.77. The SMILES string of the molecule is C=C(C)C(=O)OCCC.CC1(C)CC(C=O)CC(C)(CN=C=O)C1.CCCCCCCCCCCCC(C)C1CO1. The van der Waals surface area contributed by atoms with E-state index in [0.29, 0.717) is 24.8 Å². The van der Waals surface area contributed by atoms with Gasteiger partial charge in [0.15, 0.2) is 0 Å². The minimum Gasteiger partial charge on any atom is -0.462 e. The molecule has 0 N–H and O–H groups in total. The fourth-order valence-corrected chi connectivity index (χ4v) is 6.00. The molecule has 0 amide bonds. The molecular weight excluding hydrogens is 514 g/mol. The van der Waals surface area contributed by atoms with Crippen LogP contribution in [0.2, 0.25) is 0 Å². The molecule has 1 aliphatic heterocycles. The number of carbonyl (C=O) groups excluding carboxylic acids is 3. The van der Waals surface area contributed by atoms with E-state index in [0.717, 1.165) is 44.5 Å². The molecule has 1 saturated carbocycles. The summed E-state index contributed by atoms with van der Waals surface area (Å²) < 4.78 is 10.0. The molecular formula is C35H63NO5. The van der Waals surface area contributed by atoms with E-state index in [9.17, 15) is 14.4 Å². The van der Waals surface area contributed by atoms with Crippen LogP contribution in [0.5, 0.6) is 0 Å². The highest BCUT2D eigenvalue weighted by Crippen LogP contribution is 2.48. The maximum atomic E-state index is 10.9. The first-order chi connectivity index (χ1) is 19.4. The zero-order chi connectivity index (χ0) is 31.2. The molecule has 6 nitrogen and oxygen atoms in total. The van der Waals surface area contributed by atoms with Gasteiger partial charge in [-0.25, -0.2) is 14.6 Å². The fourth-order valence-electron chi connectivity index (χ4n) is 6.00. The number of aldehydes is 1. The number of aliphatic imine (C=N–C) groups is 1. The molecule has 4 unspecified atom stereocenters. The number of esters is 1. The molecule has 2 fully saturated rings. The van der Waals surface area contributed by atoms with Crippen molar-refractivity contribution in [1.29, 1.82) is 0 Å². The van der Waals surface area contributed by atoms with Gasteiger partial charge in [-0.3, -0.25) is 0 Å². The average molecular weight is 578 g/mol. The quantitative estimate of drug-likeness (QED) is 0.0308. The molecule has 1 heterocycles. The number of carbonyl (C=O) groups is 2. The number of isocyanates is 1. The maximum absolute atomic E-state index is 10.9. The summed E-state index contributed by atoms with van der Waals surface area (Å²) >= 11 is 0. The summed E-state index contributed by atoms with van der Waals surface area (Å²) in [5.74, 6) is 0.626. The third-order valence-corrected chi connectivity index (χ3v) is 7.99. The van der Waals surface area contributed by atoms with E-state index in [2.05, 4.69) is 46.2 Å². The summed E-state index contributed by atoms with van der Waals surface area (Å²) in [6.07, 6.45) is 22.7. The second-order valence-corrected chi connectivity index (χ2v) is 13.6. The topological polar surface area (TPSA) is 85.3 Å². The molecule has 0 aromatic rings. The van der Waals surface area contributed by atoms with Crippen molar-refractivity contribution in [2.75, 3.05) is 19.8 Å². The van der Waals surface area contributed by atoms with E-state index in [4.69, 9.17) is 9.47 Å². The molecule has 4 atom stereocenters. The number of unbranched alkanes of at least 4 members (excludes halogenated alkanes) is 9. The summed E-state index contributed by atoms with van der Waals surface area (Å²) in [6, 6.07) is 0. The zero-order valence-electron chi connectivity index (χ0n) is 27.7. The summed E-state index contributed by atoms with van der Waals surface area (Å²) in [5.41, 5.74) is 0.602. The van der Waals surface area contributed by atoms with Crippen LogP contribution in [-0.2, 0) is 23.9 Å². The summed E-state index contributed by atoms with van der Waals surface area (Å²) in [6.45, 7) is 20.1. The van der Waals surface area contributed by atoms with Gasteiger partial charge >= 0.3 is 5.97 Å². The van der Waals surface area contributed by atoms with Gasteiger partial charge in [0.05, 0.1) is 25.9 Å². The Hall–Kier alpha value is -1.78. The molecule has 0 aromatic heterocycles. The van der Waals surface area contributed by atoms with Crippen molar-refractivity contribution in [3.8, 4) is 0 Å². The van der Waals surface area contributed by atoms with Gasteiger partial charge in [-0.05, 0) is 55.8 Å².